The van der Waals surface area contributed by atoms with Crippen LogP contribution in [0.2, 0.25) is 0 Å². The highest BCUT2D eigenvalue weighted by Gasteiger charge is 2.18. The first-order valence-electron chi connectivity index (χ1n) is 8.46. The molecule has 140 valence electrons. The zero-order valence-electron chi connectivity index (χ0n) is 15.1. The van der Waals surface area contributed by atoms with Crippen LogP contribution >= 0.6 is 0 Å². The first-order valence-corrected chi connectivity index (χ1v) is 8.46. The summed E-state index contributed by atoms with van der Waals surface area (Å²) in [5, 5.41) is 3.02. The number of nitrogens with two attached hydrogens (primary N) is 1. The van der Waals surface area contributed by atoms with E-state index in [1.54, 1.807) is 19.2 Å². The van der Waals surface area contributed by atoms with Crippen LogP contribution in [0.15, 0.2) is 48.5 Å². The minimum atomic E-state index is -0.322. The molecule has 5 nitrogen and oxygen atoms in total. The molecule has 0 aliphatic heterocycles. The smallest absolute Gasteiger partial charge is 0.223 e. The Morgan fingerprint density at radius 1 is 1.12 bits per heavy atom. The number of rotatable bonds is 9. The lowest BCUT2D eigenvalue weighted by Gasteiger charge is -2.21. The monoisotopic (exact) mass is 360 g/mol. The molecule has 1 amide bonds. The zero-order valence-corrected chi connectivity index (χ0v) is 15.1. The molecule has 2 rings (SSSR count). The third kappa shape index (κ3) is 5.82. The van der Waals surface area contributed by atoms with Crippen LogP contribution < -0.4 is 15.8 Å². The minimum Gasteiger partial charge on any atom is -0.497 e. The van der Waals surface area contributed by atoms with E-state index in [1.807, 2.05) is 24.3 Å². The van der Waals surface area contributed by atoms with Crippen molar-refractivity contribution in [3.8, 4) is 5.75 Å². The molecular weight excluding hydrogens is 335 g/mol. The second-order valence-electron chi connectivity index (χ2n) is 6.02. The number of carbonyl (C=O) groups excluding carboxylic acids is 1. The van der Waals surface area contributed by atoms with Crippen LogP contribution in [-0.4, -0.2) is 32.8 Å². The number of nitrogens with one attached hydrogen (secondary N) is 1. The summed E-state index contributed by atoms with van der Waals surface area (Å²) < 4.78 is 23.5. The van der Waals surface area contributed by atoms with Crippen LogP contribution in [0.5, 0.6) is 5.75 Å². The van der Waals surface area contributed by atoms with Gasteiger partial charge in [-0.25, -0.2) is 4.39 Å². The van der Waals surface area contributed by atoms with Gasteiger partial charge in [-0.1, -0.05) is 24.3 Å². The summed E-state index contributed by atoms with van der Waals surface area (Å²) in [7, 11) is 3.13. The molecule has 0 aliphatic rings. The number of halogens is 1. The van der Waals surface area contributed by atoms with E-state index < -0.39 is 0 Å². The average Bonchev–Trinajstić information content (AvgIpc) is 2.67. The Morgan fingerprint density at radius 2 is 1.77 bits per heavy atom. The molecule has 6 heteroatoms. The Hall–Kier alpha value is -2.44. The van der Waals surface area contributed by atoms with Gasteiger partial charge in [0, 0.05) is 13.7 Å². The van der Waals surface area contributed by atoms with Crippen LogP contribution in [0.3, 0.4) is 0 Å². The Kier molecular flexibility index (Phi) is 7.56. The molecule has 0 radical (unpaired) electrons. The first-order chi connectivity index (χ1) is 12.5. The van der Waals surface area contributed by atoms with E-state index in [0.717, 1.165) is 16.9 Å². The number of methoxy groups -OCH3 is 2. The molecule has 0 aromatic heterocycles. The van der Waals surface area contributed by atoms with Crippen molar-refractivity contribution in [2.45, 2.75) is 25.0 Å². The maximum Gasteiger partial charge on any atom is 0.223 e. The fraction of sp³-hybridized carbons (Fsp3) is 0.350. The molecule has 26 heavy (non-hydrogen) atoms. The van der Waals surface area contributed by atoms with Crippen molar-refractivity contribution < 1.29 is 18.7 Å². The largest absolute Gasteiger partial charge is 0.497 e. The quantitative estimate of drug-likeness (QED) is 0.721. The number of benzene rings is 2. The van der Waals surface area contributed by atoms with Crippen molar-refractivity contribution in [2.24, 2.45) is 5.73 Å². The van der Waals surface area contributed by atoms with Gasteiger partial charge in [0.1, 0.15) is 11.6 Å². The molecule has 2 atom stereocenters. The van der Waals surface area contributed by atoms with Crippen molar-refractivity contribution in [3.05, 3.63) is 65.5 Å². The van der Waals surface area contributed by atoms with Gasteiger partial charge in [-0.2, -0.15) is 0 Å². The number of carbonyl (C=O) groups is 1. The Balaban J connectivity index is 2.16. The van der Waals surface area contributed by atoms with Crippen molar-refractivity contribution in [2.75, 3.05) is 20.8 Å². The van der Waals surface area contributed by atoms with E-state index in [9.17, 15) is 9.18 Å². The normalized spacial score (nSPS) is 13.1. The van der Waals surface area contributed by atoms with E-state index in [0.29, 0.717) is 6.42 Å². The fourth-order valence-corrected chi connectivity index (χ4v) is 2.67. The first kappa shape index (κ1) is 19.9. The van der Waals surface area contributed by atoms with E-state index in [4.69, 9.17) is 15.2 Å². The van der Waals surface area contributed by atoms with Gasteiger partial charge >= 0.3 is 0 Å². The molecule has 2 aromatic carbocycles. The van der Waals surface area contributed by atoms with Gasteiger partial charge in [0.2, 0.25) is 5.91 Å². The van der Waals surface area contributed by atoms with Gasteiger partial charge in [0.05, 0.1) is 25.7 Å². The third-order valence-electron chi connectivity index (χ3n) is 4.22. The molecule has 0 aliphatic carbocycles. The fourth-order valence-electron chi connectivity index (χ4n) is 2.67. The lowest BCUT2D eigenvalue weighted by atomic mass is 9.98. The second kappa shape index (κ2) is 9.89. The summed E-state index contributed by atoms with van der Waals surface area (Å²) in [6.07, 6.45) is 0.402. The molecule has 2 unspecified atom stereocenters. The maximum absolute atomic E-state index is 13.2. The average molecular weight is 360 g/mol. The van der Waals surface area contributed by atoms with Gasteiger partial charge in [-0.05, 0) is 41.8 Å². The molecule has 0 saturated carbocycles. The highest BCUT2D eigenvalue weighted by atomic mass is 19.1. The van der Waals surface area contributed by atoms with Crippen LogP contribution in [-0.2, 0) is 16.0 Å². The molecule has 3 N–H and O–H groups in total. The zero-order chi connectivity index (χ0) is 18.9. The van der Waals surface area contributed by atoms with Crippen molar-refractivity contribution in [1.82, 2.24) is 5.32 Å². The Labute approximate surface area is 153 Å². The van der Waals surface area contributed by atoms with Gasteiger partial charge in [0.25, 0.3) is 0 Å². The lowest BCUT2D eigenvalue weighted by Crippen LogP contribution is -2.35. The molecule has 0 heterocycles. The molecule has 0 bridgehead atoms. The topological polar surface area (TPSA) is 73.6 Å². The van der Waals surface area contributed by atoms with Crippen LogP contribution in [0.25, 0.3) is 0 Å². The van der Waals surface area contributed by atoms with E-state index in [1.165, 1.54) is 19.2 Å². The maximum atomic E-state index is 13.2. The SMILES string of the molecule is COc1ccc(C(Cc2ccc(F)cc2)NC(=O)CC(CN)OC)cc1. The standard InChI is InChI=1S/C20H25FN2O3/c1-25-17-9-5-15(6-10-17)19(11-14-3-7-16(21)8-4-14)23-20(24)12-18(13-22)26-2/h3-10,18-19H,11-13,22H2,1-2H3,(H,23,24). The number of hydrogen-bond donors (Lipinski definition) is 2. The predicted octanol–water partition coefficient (Wildman–Crippen LogP) is 2.60. The van der Waals surface area contributed by atoms with Crippen molar-refractivity contribution >= 4 is 5.91 Å². The summed E-state index contributed by atoms with van der Waals surface area (Å²) in [5.41, 5.74) is 7.45. The van der Waals surface area contributed by atoms with Crippen molar-refractivity contribution in [3.63, 3.8) is 0 Å². The summed E-state index contributed by atoms with van der Waals surface area (Å²) >= 11 is 0. The summed E-state index contributed by atoms with van der Waals surface area (Å²) in [6.45, 7) is 0.273. The summed E-state index contributed by atoms with van der Waals surface area (Å²) in [5.74, 6) is 0.304. The van der Waals surface area contributed by atoms with Crippen LogP contribution in [0, 0.1) is 5.82 Å². The van der Waals surface area contributed by atoms with E-state index in [2.05, 4.69) is 5.32 Å². The second-order valence-corrected chi connectivity index (χ2v) is 6.02. The number of ether oxygens (including phenoxy) is 2. The molecular formula is C20H25FN2O3. The molecule has 0 spiro atoms. The summed E-state index contributed by atoms with van der Waals surface area (Å²) in [6, 6.07) is 13.5. The van der Waals surface area contributed by atoms with E-state index in [-0.39, 0.29) is 36.8 Å². The highest BCUT2D eigenvalue weighted by Crippen LogP contribution is 2.22. The minimum absolute atomic E-state index is 0.148. The van der Waals surface area contributed by atoms with E-state index >= 15 is 0 Å². The van der Waals surface area contributed by atoms with Gasteiger partial charge in [-0.3, -0.25) is 4.79 Å². The van der Waals surface area contributed by atoms with Crippen molar-refractivity contribution in [1.29, 1.82) is 0 Å². The van der Waals surface area contributed by atoms with Gasteiger partial charge < -0.3 is 20.5 Å². The molecule has 0 fully saturated rings. The molecule has 0 saturated heterocycles. The highest BCUT2D eigenvalue weighted by molar-refractivity contribution is 5.77. The van der Waals surface area contributed by atoms with Crippen LogP contribution in [0.4, 0.5) is 4.39 Å². The Bertz CT molecular complexity index is 685. The third-order valence-corrected chi connectivity index (χ3v) is 4.22. The number of hydrogen-bond acceptors (Lipinski definition) is 4. The molecule has 2 aromatic rings. The number of amides is 1. The Morgan fingerprint density at radius 3 is 2.31 bits per heavy atom. The predicted molar refractivity (Wildman–Crippen MR) is 98.5 cm³/mol. The summed E-state index contributed by atoms with van der Waals surface area (Å²) in [4.78, 5) is 12.4. The lowest BCUT2D eigenvalue weighted by molar-refractivity contribution is -0.124. The van der Waals surface area contributed by atoms with Gasteiger partial charge in [-0.15, -0.1) is 0 Å². The van der Waals surface area contributed by atoms with Crippen LogP contribution in [0.1, 0.15) is 23.6 Å². The van der Waals surface area contributed by atoms with Gasteiger partial charge in [0.15, 0.2) is 0 Å².